The highest BCUT2D eigenvalue weighted by molar-refractivity contribution is 5.35. The van der Waals surface area contributed by atoms with E-state index < -0.39 is 0 Å². The first-order valence-corrected chi connectivity index (χ1v) is 7.40. The molecule has 112 valence electrons. The van der Waals surface area contributed by atoms with Crippen LogP contribution in [0.2, 0.25) is 0 Å². The fraction of sp³-hybridized carbons (Fsp3) is 0.500. The Labute approximate surface area is 124 Å². The summed E-state index contributed by atoms with van der Waals surface area (Å²) in [6, 6.07) is 8.36. The Morgan fingerprint density at radius 1 is 1.38 bits per heavy atom. The van der Waals surface area contributed by atoms with Gasteiger partial charge in [0.25, 0.3) is 0 Å². The van der Waals surface area contributed by atoms with E-state index in [2.05, 4.69) is 15.5 Å². The van der Waals surface area contributed by atoms with E-state index in [0.717, 1.165) is 23.7 Å². The topological polar surface area (TPSA) is 60.2 Å². The van der Waals surface area contributed by atoms with E-state index in [4.69, 9.17) is 9.26 Å². The monoisotopic (exact) mass is 287 g/mol. The smallest absolute Gasteiger partial charge is 0.228 e. The molecule has 0 bridgehead atoms. The van der Waals surface area contributed by atoms with Gasteiger partial charge in [-0.15, -0.1) is 0 Å². The van der Waals surface area contributed by atoms with Crippen molar-refractivity contribution in [3.05, 3.63) is 41.5 Å². The Morgan fingerprint density at radius 3 is 2.90 bits per heavy atom. The van der Waals surface area contributed by atoms with Crippen molar-refractivity contribution >= 4 is 0 Å². The van der Waals surface area contributed by atoms with Gasteiger partial charge in [-0.1, -0.05) is 23.4 Å². The van der Waals surface area contributed by atoms with Crippen LogP contribution in [0.15, 0.2) is 28.8 Å². The zero-order valence-electron chi connectivity index (χ0n) is 12.5. The summed E-state index contributed by atoms with van der Waals surface area (Å²) in [5.41, 5.74) is 1.07. The van der Waals surface area contributed by atoms with Gasteiger partial charge in [0.05, 0.1) is 7.11 Å². The molecule has 1 heterocycles. The van der Waals surface area contributed by atoms with Crippen molar-refractivity contribution < 1.29 is 9.26 Å². The maximum Gasteiger partial charge on any atom is 0.228 e. The lowest BCUT2D eigenvalue weighted by molar-refractivity contribution is 0.349. The van der Waals surface area contributed by atoms with Crippen molar-refractivity contribution in [2.75, 3.05) is 14.2 Å². The van der Waals surface area contributed by atoms with Crippen LogP contribution in [0.25, 0.3) is 0 Å². The second kappa shape index (κ2) is 6.26. The first kappa shape index (κ1) is 14.1. The van der Waals surface area contributed by atoms with Gasteiger partial charge in [0.2, 0.25) is 5.89 Å². The molecule has 1 aliphatic carbocycles. The van der Waals surface area contributed by atoms with Crippen LogP contribution in [0.3, 0.4) is 0 Å². The molecule has 1 N–H and O–H groups in total. The zero-order chi connectivity index (χ0) is 14.7. The van der Waals surface area contributed by atoms with Crippen molar-refractivity contribution in [1.29, 1.82) is 0 Å². The zero-order valence-corrected chi connectivity index (χ0v) is 12.5. The van der Waals surface area contributed by atoms with Gasteiger partial charge in [0.15, 0.2) is 5.82 Å². The highest BCUT2D eigenvalue weighted by Gasteiger charge is 2.31. The number of nitrogens with zero attached hydrogens (tertiary/aromatic N) is 2. The predicted octanol–water partition coefficient (Wildman–Crippen LogP) is 2.21. The van der Waals surface area contributed by atoms with Crippen molar-refractivity contribution in [1.82, 2.24) is 15.5 Å². The number of methoxy groups -OCH3 is 1. The summed E-state index contributed by atoms with van der Waals surface area (Å²) in [5.74, 6) is 3.04. The molecule has 1 atom stereocenters. The summed E-state index contributed by atoms with van der Waals surface area (Å²) < 4.78 is 10.7. The van der Waals surface area contributed by atoms with Crippen molar-refractivity contribution in [3.8, 4) is 5.75 Å². The van der Waals surface area contributed by atoms with Crippen LogP contribution in [0.4, 0.5) is 0 Å². The predicted molar refractivity (Wildman–Crippen MR) is 79.4 cm³/mol. The van der Waals surface area contributed by atoms with Gasteiger partial charge in [0, 0.05) is 24.4 Å². The fourth-order valence-electron chi connectivity index (χ4n) is 2.66. The molecule has 21 heavy (non-hydrogen) atoms. The Hall–Kier alpha value is -1.88. The van der Waals surface area contributed by atoms with E-state index in [0.29, 0.717) is 24.2 Å². The van der Waals surface area contributed by atoms with Gasteiger partial charge in [0.1, 0.15) is 5.75 Å². The molecule has 1 fully saturated rings. The first-order chi connectivity index (χ1) is 10.3. The Balaban J connectivity index is 1.67. The average Bonchev–Trinajstić information content (AvgIpc) is 3.27. The maximum atomic E-state index is 5.38. The number of hydrogen-bond donors (Lipinski definition) is 1. The second-order valence-electron chi connectivity index (χ2n) is 5.53. The Kier molecular flexibility index (Phi) is 4.20. The molecule has 0 aliphatic heterocycles. The molecule has 5 heteroatoms. The normalized spacial score (nSPS) is 15.9. The van der Waals surface area contributed by atoms with E-state index in [1.54, 1.807) is 7.11 Å². The largest absolute Gasteiger partial charge is 0.496 e. The highest BCUT2D eigenvalue weighted by atomic mass is 16.5. The van der Waals surface area contributed by atoms with Crippen LogP contribution in [0.5, 0.6) is 5.75 Å². The summed E-state index contributed by atoms with van der Waals surface area (Å²) in [7, 11) is 3.67. The minimum absolute atomic E-state index is 0.449. The molecule has 1 saturated carbocycles. The van der Waals surface area contributed by atoms with Gasteiger partial charge >= 0.3 is 0 Å². The third kappa shape index (κ3) is 3.42. The summed E-state index contributed by atoms with van der Waals surface area (Å²) in [5, 5.41) is 7.43. The molecule has 1 unspecified atom stereocenters. The minimum Gasteiger partial charge on any atom is -0.496 e. The molecule has 1 aromatic heterocycles. The quantitative estimate of drug-likeness (QED) is 0.846. The lowest BCUT2D eigenvalue weighted by Crippen LogP contribution is -2.29. The van der Waals surface area contributed by atoms with Crippen LogP contribution < -0.4 is 10.1 Å². The number of benzene rings is 1. The van der Waals surface area contributed by atoms with Crippen LogP contribution >= 0.6 is 0 Å². The summed E-state index contributed by atoms with van der Waals surface area (Å²) in [4.78, 5) is 4.51. The molecule has 2 aromatic rings. The number of rotatable bonds is 7. The van der Waals surface area contributed by atoms with E-state index in [-0.39, 0.29) is 0 Å². The maximum absolute atomic E-state index is 5.38. The van der Waals surface area contributed by atoms with Gasteiger partial charge < -0.3 is 14.6 Å². The highest BCUT2D eigenvalue weighted by Crippen LogP contribution is 2.33. The van der Waals surface area contributed by atoms with E-state index in [1.165, 1.54) is 12.8 Å². The third-order valence-electron chi connectivity index (χ3n) is 4.01. The molecule has 0 spiro atoms. The Morgan fingerprint density at radius 2 is 2.19 bits per heavy atom. The lowest BCUT2D eigenvalue weighted by Gasteiger charge is -2.11. The molecule has 5 nitrogen and oxygen atoms in total. The standard InChI is InChI=1S/C16H21N3O2/c1-17-13(11-7-8-11)10-16-18-15(19-21-16)9-12-5-3-4-6-14(12)20-2/h3-6,11,13,17H,7-10H2,1-2H3. The molecule has 0 radical (unpaired) electrons. The van der Waals surface area contributed by atoms with E-state index >= 15 is 0 Å². The number of ether oxygens (including phenoxy) is 1. The number of hydrogen-bond acceptors (Lipinski definition) is 5. The second-order valence-corrected chi connectivity index (χ2v) is 5.53. The van der Waals surface area contributed by atoms with Crippen molar-refractivity contribution in [2.24, 2.45) is 5.92 Å². The average molecular weight is 287 g/mol. The van der Waals surface area contributed by atoms with Crippen molar-refractivity contribution in [3.63, 3.8) is 0 Å². The molecule has 3 rings (SSSR count). The fourth-order valence-corrected chi connectivity index (χ4v) is 2.66. The third-order valence-corrected chi connectivity index (χ3v) is 4.01. The van der Waals surface area contributed by atoms with Crippen molar-refractivity contribution in [2.45, 2.75) is 31.7 Å². The number of para-hydroxylation sites is 1. The van der Waals surface area contributed by atoms with Gasteiger partial charge in [-0.25, -0.2) is 0 Å². The van der Waals surface area contributed by atoms with Gasteiger partial charge in [-0.3, -0.25) is 0 Å². The molecular formula is C16H21N3O2. The summed E-state index contributed by atoms with van der Waals surface area (Å²) in [6.07, 6.45) is 4.03. The van der Waals surface area contributed by atoms with Crippen LogP contribution in [0.1, 0.15) is 30.1 Å². The van der Waals surface area contributed by atoms with E-state index in [9.17, 15) is 0 Å². The van der Waals surface area contributed by atoms with Gasteiger partial charge in [-0.2, -0.15) is 4.98 Å². The number of nitrogens with one attached hydrogen (secondary N) is 1. The minimum atomic E-state index is 0.449. The summed E-state index contributed by atoms with van der Waals surface area (Å²) in [6.45, 7) is 0. The molecule has 0 saturated heterocycles. The lowest BCUT2D eigenvalue weighted by atomic mass is 10.1. The first-order valence-electron chi connectivity index (χ1n) is 7.40. The number of aromatic nitrogens is 2. The Bertz CT molecular complexity index is 593. The van der Waals surface area contributed by atoms with E-state index in [1.807, 2.05) is 31.3 Å². The summed E-state index contributed by atoms with van der Waals surface area (Å²) >= 11 is 0. The van der Waals surface area contributed by atoms with Crippen LogP contribution in [0, 0.1) is 5.92 Å². The van der Waals surface area contributed by atoms with Crippen LogP contribution in [-0.4, -0.2) is 30.3 Å². The molecule has 1 aliphatic rings. The number of likely N-dealkylation sites (N-methyl/N-ethyl adjacent to an activating group) is 1. The SMILES string of the molecule is CNC(Cc1nc(Cc2ccccc2OC)no1)C1CC1. The molecule has 1 aromatic carbocycles. The van der Waals surface area contributed by atoms with Crippen LogP contribution in [-0.2, 0) is 12.8 Å². The molecular weight excluding hydrogens is 266 g/mol. The van der Waals surface area contributed by atoms with Gasteiger partial charge in [-0.05, 0) is 31.9 Å². The molecule has 0 amide bonds.